The second-order valence-electron chi connectivity index (χ2n) is 6.06. The van der Waals surface area contributed by atoms with Crippen LogP contribution in [-0.4, -0.2) is 22.5 Å². The van der Waals surface area contributed by atoms with E-state index in [4.69, 9.17) is 0 Å². The van der Waals surface area contributed by atoms with E-state index in [1.807, 2.05) is 0 Å². The van der Waals surface area contributed by atoms with Gasteiger partial charge in [-0.15, -0.1) is 0 Å². The van der Waals surface area contributed by atoms with Gasteiger partial charge in [-0.05, 0) is 37.5 Å². The van der Waals surface area contributed by atoms with Crippen LogP contribution in [0.25, 0.3) is 0 Å². The quantitative estimate of drug-likeness (QED) is 0.785. The van der Waals surface area contributed by atoms with Gasteiger partial charge in [0, 0.05) is 5.92 Å². The summed E-state index contributed by atoms with van der Waals surface area (Å²) in [4.78, 5) is 23.5. The minimum atomic E-state index is -0.964. The second-order valence-corrected chi connectivity index (χ2v) is 6.06. The van der Waals surface area contributed by atoms with Crippen molar-refractivity contribution in [1.82, 2.24) is 5.32 Å². The van der Waals surface area contributed by atoms with Crippen molar-refractivity contribution >= 4 is 11.9 Å². The standard InChI is InChI=1S/C13H19NO3/c15-10(9-8-12(9)6-7-12)14-13(11(16)17)4-2-1-3-5-13/h9H,1-8H2,(H,14,15)(H,16,17). The fourth-order valence-electron chi connectivity index (χ4n) is 3.30. The Labute approximate surface area is 101 Å². The van der Waals surface area contributed by atoms with Crippen LogP contribution in [-0.2, 0) is 9.59 Å². The first-order chi connectivity index (χ1) is 8.08. The van der Waals surface area contributed by atoms with Crippen molar-refractivity contribution in [2.75, 3.05) is 0 Å². The SMILES string of the molecule is O=C(NC1(C(=O)O)CCCCC1)C1CC12CC2. The number of carboxylic acids is 1. The van der Waals surface area contributed by atoms with Gasteiger partial charge in [-0.2, -0.15) is 0 Å². The van der Waals surface area contributed by atoms with Crippen LogP contribution >= 0.6 is 0 Å². The van der Waals surface area contributed by atoms with Crippen LogP contribution in [0, 0.1) is 11.3 Å². The summed E-state index contributed by atoms with van der Waals surface area (Å²) in [7, 11) is 0. The molecule has 4 nitrogen and oxygen atoms in total. The molecule has 3 aliphatic rings. The Morgan fingerprint density at radius 1 is 1.06 bits per heavy atom. The molecule has 17 heavy (non-hydrogen) atoms. The lowest BCUT2D eigenvalue weighted by molar-refractivity contribution is -0.149. The summed E-state index contributed by atoms with van der Waals surface area (Å²) in [5, 5.41) is 12.2. The number of carbonyl (C=O) groups excluding carboxylic acids is 1. The van der Waals surface area contributed by atoms with Crippen molar-refractivity contribution in [1.29, 1.82) is 0 Å². The fraction of sp³-hybridized carbons (Fsp3) is 0.846. The zero-order chi connectivity index (χ0) is 12.1. The lowest BCUT2D eigenvalue weighted by Crippen LogP contribution is -2.56. The highest BCUT2D eigenvalue weighted by molar-refractivity contribution is 5.90. The predicted octanol–water partition coefficient (Wildman–Crippen LogP) is 1.69. The average molecular weight is 237 g/mol. The van der Waals surface area contributed by atoms with E-state index in [-0.39, 0.29) is 11.8 Å². The Kier molecular flexibility index (Phi) is 2.25. The highest BCUT2D eigenvalue weighted by atomic mass is 16.4. The van der Waals surface area contributed by atoms with Crippen molar-refractivity contribution in [2.45, 2.75) is 56.9 Å². The Balaban J connectivity index is 1.67. The molecule has 3 rings (SSSR count). The van der Waals surface area contributed by atoms with Crippen molar-refractivity contribution in [3.63, 3.8) is 0 Å². The van der Waals surface area contributed by atoms with E-state index in [0.717, 1.165) is 38.5 Å². The lowest BCUT2D eigenvalue weighted by atomic mass is 9.81. The molecule has 0 saturated heterocycles. The monoisotopic (exact) mass is 237 g/mol. The molecule has 0 aromatic heterocycles. The first kappa shape index (κ1) is 11.1. The van der Waals surface area contributed by atoms with Gasteiger partial charge in [-0.25, -0.2) is 4.79 Å². The Morgan fingerprint density at radius 2 is 1.71 bits per heavy atom. The molecule has 3 saturated carbocycles. The molecule has 4 heteroatoms. The Bertz CT molecular complexity index is 367. The average Bonchev–Trinajstić information content (AvgIpc) is 3.21. The highest BCUT2D eigenvalue weighted by Crippen LogP contribution is 2.70. The Hall–Kier alpha value is -1.06. The number of nitrogens with one attached hydrogen (secondary N) is 1. The molecule has 94 valence electrons. The van der Waals surface area contributed by atoms with Gasteiger partial charge in [0.05, 0.1) is 0 Å². The molecule has 1 atom stereocenters. The van der Waals surface area contributed by atoms with Crippen molar-refractivity contribution in [3.8, 4) is 0 Å². The molecule has 1 spiro atoms. The summed E-state index contributed by atoms with van der Waals surface area (Å²) in [6.07, 6.45) is 7.37. The minimum absolute atomic E-state index is 0.00759. The normalized spacial score (nSPS) is 31.9. The molecule has 3 aliphatic carbocycles. The van der Waals surface area contributed by atoms with Gasteiger partial charge in [0.2, 0.25) is 5.91 Å². The number of hydrogen-bond donors (Lipinski definition) is 2. The maximum atomic E-state index is 12.1. The second kappa shape index (κ2) is 3.47. The van der Waals surface area contributed by atoms with Crippen LogP contribution < -0.4 is 5.32 Å². The van der Waals surface area contributed by atoms with Crippen LogP contribution in [0.4, 0.5) is 0 Å². The third-order valence-corrected chi connectivity index (χ3v) is 4.88. The zero-order valence-corrected chi connectivity index (χ0v) is 10.00. The number of rotatable bonds is 3. The van der Waals surface area contributed by atoms with Crippen LogP contribution in [0.2, 0.25) is 0 Å². The molecule has 0 aromatic rings. The van der Waals surface area contributed by atoms with Gasteiger partial charge in [0.25, 0.3) is 0 Å². The van der Waals surface area contributed by atoms with Gasteiger partial charge in [-0.3, -0.25) is 4.79 Å². The molecule has 1 amide bonds. The molecule has 3 fully saturated rings. The number of amides is 1. The minimum Gasteiger partial charge on any atom is -0.480 e. The first-order valence-corrected chi connectivity index (χ1v) is 6.64. The summed E-state index contributed by atoms with van der Waals surface area (Å²) < 4.78 is 0. The van der Waals surface area contributed by atoms with E-state index in [2.05, 4.69) is 5.32 Å². The summed E-state index contributed by atoms with van der Waals surface area (Å²) in [5.41, 5.74) is -0.660. The van der Waals surface area contributed by atoms with Crippen LogP contribution in [0.15, 0.2) is 0 Å². The molecule has 2 N–H and O–H groups in total. The summed E-state index contributed by atoms with van der Waals surface area (Å²) in [5.74, 6) is -0.747. The van der Waals surface area contributed by atoms with Crippen LogP contribution in [0.1, 0.15) is 51.4 Å². The Morgan fingerprint density at radius 3 is 2.18 bits per heavy atom. The lowest BCUT2D eigenvalue weighted by Gasteiger charge is -2.34. The first-order valence-electron chi connectivity index (χ1n) is 6.64. The molecule has 0 aliphatic heterocycles. The molecule has 0 bridgehead atoms. The van der Waals surface area contributed by atoms with Crippen LogP contribution in [0.3, 0.4) is 0 Å². The van der Waals surface area contributed by atoms with Crippen molar-refractivity contribution in [2.24, 2.45) is 11.3 Å². The van der Waals surface area contributed by atoms with Gasteiger partial charge in [0.15, 0.2) is 0 Å². The number of aliphatic carboxylic acids is 1. The van der Waals surface area contributed by atoms with Crippen LogP contribution in [0.5, 0.6) is 0 Å². The molecular formula is C13H19NO3. The molecule has 0 radical (unpaired) electrons. The van der Waals surface area contributed by atoms with Gasteiger partial charge < -0.3 is 10.4 Å². The molecular weight excluding hydrogens is 218 g/mol. The molecule has 1 unspecified atom stereocenters. The maximum Gasteiger partial charge on any atom is 0.329 e. The summed E-state index contributed by atoms with van der Waals surface area (Å²) in [6, 6.07) is 0. The van der Waals surface area contributed by atoms with E-state index in [1.165, 1.54) is 0 Å². The smallest absolute Gasteiger partial charge is 0.329 e. The van der Waals surface area contributed by atoms with Crippen molar-refractivity contribution < 1.29 is 14.7 Å². The number of hydrogen-bond acceptors (Lipinski definition) is 2. The van der Waals surface area contributed by atoms with E-state index in [1.54, 1.807) is 0 Å². The van der Waals surface area contributed by atoms with E-state index in [9.17, 15) is 14.7 Å². The topological polar surface area (TPSA) is 66.4 Å². The maximum absolute atomic E-state index is 12.1. The largest absolute Gasteiger partial charge is 0.480 e. The number of carboxylic acid groups (broad SMARTS) is 1. The van der Waals surface area contributed by atoms with Gasteiger partial charge >= 0.3 is 5.97 Å². The van der Waals surface area contributed by atoms with Gasteiger partial charge in [0.1, 0.15) is 5.54 Å². The third kappa shape index (κ3) is 1.74. The zero-order valence-electron chi connectivity index (χ0n) is 10.00. The van der Waals surface area contributed by atoms with E-state index < -0.39 is 11.5 Å². The molecule has 0 aromatic carbocycles. The summed E-state index contributed by atoms with van der Waals surface area (Å²) >= 11 is 0. The third-order valence-electron chi connectivity index (χ3n) is 4.88. The fourth-order valence-corrected chi connectivity index (χ4v) is 3.30. The van der Waals surface area contributed by atoms with E-state index >= 15 is 0 Å². The van der Waals surface area contributed by atoms with E-state index in [0.29, 0.717) is 18.3 Å². The summed E-state index contributed by atoms with van der Waals surface area (Å²) in [6.45, 7) is 0. The van der Waals surface area contributed by atoms with Gasteiger partial charge in [-0.1, -0.05) is 19.3 Å². The number of carbonyl (C=O) groups is 2. The van der Waals surface area contributed by atoms with Crippen molar-refractivity contribution in [3.05, 3.63) is 0 Å². The highest BCUT2D eigenvalue weighted by Gasteiger charge is 2.66. The predicted molar refractivity (Wildman–Crippen MR) is 61.4 cm³/mol. The molecule has 0 heterocycles.